The van der Waals surface area contributed by atoms with Gasteiger partial charge in [0.25, 0.3) is 0 Å². The smallest absolute Gasteiger partial charge is 0.220 e. The van der Waals surface area contributed by atoms with Crippen molar-refractivity contribution < 1.29 is 9.53 Å². The molecule has 2 aliphatic rings. The number of benzene rings is 1. The number of rotatable bonds is 6. The average molecular weight is 316 g/mol. The number of hydrogen-bond acceptors (Lipinski definition) is 3. The second-order valence-electron chi connectivity index (χ2n) is 6.81. The minimum Gasteiger partial charge on any atom is -0.373 e. The Kier molecular flexibility index (Phi) is 6.06. The lowest BCUT2D eigenvalue weighted by molar-refractivity contribution is -0.122. The predicted molar refractivity (Wildman–Crippen MR) is 91.1 cm³/mol. The van der Waals surface area contributed by atoms with Crippen LogP contribution in [0.1, 0.15) is 43.8 Å². The molecule has 0 bridgehead atoms. The van der Waals surface area contributed by atoms with Crippen LogP contribution in [0.3, 0.4) is 0 Å². The van der Waals surface area contributed by atoms with Crippen LogP contribution in [0.15, 0.2) is 30.3 Å². The fourth-order valence-corrected chi connectivity index (χ4v) is 3.69. The molecule has 0 spiro atoms. The van der Waals surface area contributed by atoms with E-state index in [2.05, 4.69) is 34.9 Å². The minimum absolute atomic E-state index is 0.115. The summed E-state index contributed by atoms with van der Waals surface area (Å²) in [5.41, 5.74) is 1.23. The van der Waals surface area contributed by atoms with Crippen molar-refractivity contribution in [1.82, 2.24) is 10.6 Å². The highest BCUT2D eigenvalue weighted by molar-refractivity contribution is 5.75. The van der Waals surface area contributed by atoms with Crippen molar-refractivity contribution in [3.8, 4) is 0 Å². The summed E-state index contributed by atoms with van der Waals surface area (Å²) in [5, 5.41) is 6.49. The van der Waals surface area contributed by atoms with Crippen molar-refractivity contribution in [2.45, 2.75) is 38.2 Å². The first-order valence-corrected chi connectivity index (χ1v) is 8.97. The monoisotopic (exact) mass is 316 g/mol. The topological polar surface area (TPSA) is 50.4 Å². The summed E-state index contributed by atoms with van der Waals surface area (Å²) < 4.78 is 5.99. The van der Waals surface area contributed by atoms with Crippen LogP contribution in [0.4, 0.5) is 0 Å². The third-order valence-electron chi connectivity index (χ3n) is 5.08. The number of nitrogens with one attached hydrogen (secondary N) is 2. The Morgan fingerprint density at radius 2 is 2.13 bits per heavy atom. The van der Waals surface area contributed by atoms with Gasteiger partial charge in [0.1, 0.15) is 0 Å². The Morgan fingerprint density at radius 3 is 2.91 bits per heavy atom. The Balaban J connectivity index is 1.46. The molecule has 2 heterocycles. The van der Waals surface area contributed by atoms with Gasteiger partial charge in [-0.2, -0.15) is 0 Å². The largest absolute Gasteiger partial charge is 0.373 e. The van der Waals surface area contributed by atoms with Crippen molar-refractivity contribution in [3.63, 3.8) is 0 Å². The number of carbonyl (C=O) groups excluding carboxylic acids is 1. The Hall–Kier alpha value is -1.39. The van der Waals surface area contributed by atoms with E-state index in [1.165, 1.54) is 12.0 Å². The maximum absolute atomic E-state index is 12.1. The first-order chi connectivity index (χ1) is 11.3. The molecule has 3 atom stereocenters. The molecule has 0 saturated carbocycles. The molecular formula is C19H28N2O2. The SMILES string of the molecule is O=C(CCC1CCNC1)NCC1CCCOC1c1ccccc1. The Bertz CT molecular complexity index is 485. The first kappa shape index (κ1) is 16.5. The summed E-state index contributed by atoms with van der Waals surface area (Å²) in [5.74, 6) is 1.24. The van der Waals surface area contributed by atoms with E-state index in [9.17, 15) is 4.79 Å². The Labute approximate surface area is 139 Å². The lowest BCUT2D eigenvalue weighted by Crippen LogP contribution is -2.35. The molecule has 4 nitrogen and oxygen atoms in total. The molecule has 0 aliphatic carbocycles. The van der Waals surface area contributed by atoms with Gasteiger partial charge >= 0.3 is 0 Å². The number of hydrogen-bond donors (Lipinski definition) is 2. The third-order valence-corrected chi connectivity index (χ3v) is 5.08. The maximum Gasteiger partial charge on any atom is 0.220 e. The second kappa shape index (κ2) is 8.46. The normalized spacial score (nSPS) is 27.7. The summed E-state index contributed by atoms with van der Waals surface area (Å²) in [6.45, 7) is 3.71. The minimum atomic E-state index is 0.115. The molecule has 2 saturated heterocycles. The fourth-order valence-electron chi connectivity index (χ4n) is 3.69. The zero-order valence-corrected chi connectivity index (χ0v) is 13.8. The fraction of sp³-hybridized carbons (Fsp3) is 0.632. The summed E-state index contributed by atoms with van der Waals surface area (Å²) in [7, 11) is 0. The predicted octanol–water partition coefficient (Wildman–Crippen LogP) is 2.66. The van der Waals surface area contributed by atoms with E-state index >= 15 is 0 Å². The molecule has 0 aromatic heterocycles. The van der Waals surface area contributed by atoms with Crippen molar-refractivity contribution in [3.05, 3.63) is 35.9 Å². The van der Waals surface area contributed by atoms with Crippen molar-refractivity contribution >= 4 is 5.91 Å². The van der Waals surface area contributed by atoms with Gasteiger partial charge in [-0.25, -0.2) is 0 Å². The highest BCUT2D eigenvalue weighted by Gasteiger charge is 2.27. The molecule has 3 unspecified atom stereocenters. The van der Waals surface area contributed by atoms with Gasteiger partial charge in [0.2, 0.25) is 5.91 Å². The van der Waals surface area contributed by atoms with Gasteiger partial charge in [-0.1, -0.05) is 30.3 Å². The highest BCUT2D eigenvalue weighted by atomic mass is 16.5. The maximum atomic E-state index is 12.1. The molecule has 126 valence electrons. The molecule has 1 amide bonds. The molecule has 1 aromatic rings. The number of ether oxygens (including phenoxy) is 1. The van der Waals surface area contributed by atoms with Gasteiger partial charge in [-0.05, 0) is 50.3 Å². The van der Waals surface area contributed by atoms with Crippen LogP contribution >= 0.6 is 0 Å². The van der Waals surface area contributed by atoms with Crippen LogP contribution in [-0.4, -0.2) is 32.1 Å². The Morgan fingerprint density at radius 1 is 1.26 bits per heavy atom. The third kappa shape index (κ3) is 4.79. The van der Waals surface area contributed by atoms with E-state index in [-0.39, 0.29) is 12.0 Å². The summed E-state index contributed by atoms with van der Waals surface area (Å²) in [4.78, 5) is 12.1. The molecule has 1 aromatic carbocycles. The van der Waals surface area contributed by atoms with Crippen molar-refractivity contribution in [1.29, 1.82) is 0 Å². The standard InChI is InChI=1S/C19H28N2O2/c22-18(9-8-15-10-11-20-13-15)21-14-17-7-4-12-23-19(17)16-5-2-1-3-6-16/h1-3,5-6,15,17,19-20H,4,7-14H2,(H,21,22). The van der Waals surface area contributed by atoms with Crippen molar-refractivity contribution in [2.75, 3.05) is 26.2 Å². The number of carbonyl (C=O) groups is 1. The molecule has 2 fully saturated rings. The first-order valence-electron chi connectivity index (χ1n) is 8.97. The lowest BCUT2D eigenvalue weighted by atomic mass is 9.89. The zero-order chi connectivity index (χ0) is 15.9. The van der Waals surface area contributed by atoms with E-state index in [0.29, 0.717) is 18.3 Å². The molecular weight excluding hydrogens is 288 g/mol. The quantitative estimate of drug-likeness (QED) is 0.848. The molecule has 3 rings (SSSR count). The van der Waals surface area contributed by atoms with Gasteiger partial charge in [-0.3, -0.25) is 4.79 Å². The molecule has 2 aliphatic heterocycles. The average Bonchev–Trinajstić information content (AvgIpc) is 3.13. The van der Waals surface area contributed by atoms with E-state index in [4.69, 9.17) is 4.74 Å². The highest BCUT2D eigenvalue weighted by Crippen LogP contribution is 2.33. The van der Waals surface area contributed by atoms with Gasteiger partial charge in [0.05, 0.1) is 6.10 Å². The molecule has 4 heteroatoms. The van der Waals surface area contributed by atoms with E-state index in [1.807, 2.05) is 6.07 Å². The summed E-state index contributed by atoms with van der Waals surface area (Å²) in [6.07, 6.45) is 5.17. The van der Waals surface area contributed by atoms with Gasteiger partial charge < -0.3 is 15.4 Å². The summed E-state index contributed by atoms with van der Waals surface area (Å²) in [6, 6.07) is 10.4. The number of amides is 1. The van der Waals surface area contributed by atoms with Crippen LogP contribution in [-0.2, 0) is 9.53 Å². The molecule has 23 heavy (non-hydrogen) atoms. The van der Waals surface area contributed by atoms with Gasteiger partial charge in [-0.15, -0.1) is 0 Å². The molecule has 0 radical (unpaired) electrons. The van der Waals surface area contributed by atoms with Crippen LogP contribution in [0.5, 0.6) is 0 Å². The second-order valence-corrected chi connectivity index (χ2v) is 6.81. The van der Waals surface area contributed by atoms with Crippen LogP contribution in [0, 0.1) is 11.8 Å². The van der Waals surface area contributed by atoms with Crippen LogP contribution in [0.2, 0.25) is 0 Å². The van der Waals surface area contributed by atoms with Crippen molar-refractivity contribution in [2.24, 2.45) is 11.8 Å². The van der Waals surface area contributed by atoms with E-state index in [0.717, 1.165) is 45.5 Å². The van der Waals surface area contributed by atoms with E-state index < -0.39 is 0 Å². The zero-order valence-electron chi connectivity index (χ0n) is 13.8. The summed E-state index contributed by atoms with van der Waals surface area (Å²) >= 11 is 0. The van der Waals surface area contributed by atoms with Gasteiger partial charge in [0, 0.05) is 25.5 Å². The van der Waals surface area contributed by atoms with E-state index in [1.54, 1.807) is 0 Å². The van der Waals surface area contributed by atoms with Crippen LogP contribution < -0.4 is 10.6 Å². The lowest BCUT2D eigenvalue weighted by Gasteiger charge is -2.32. The van der Waals surface area contributed by atoms with Gasteiger partial charge in [0.15, 0.2) is 0 Å². The van der Waals surface area contributed by atoms with Crippen LogP contribution in [0.25, 0.3) is 0 Å². The molecule has 2 N–H and O–H groups in total.